The van der Waals surface area contributed by atoms with Crippen LogP contribution < -0.4 is 4.74 Å². The largest absolute Gasteiger partial charge is 0.497 e. The van der Waals surface area contributed by atoms with Gasteiger partial charge < -0.3 is 9.47 Å². The first-order chi connectivity index (χ1) is 10.4. The molecule has 1 rings (SSSR count). The summed E-state index contributed by atoms with van der Waals surface area (Å²) in [5, 5.41) is 0. The molecule has 0 aromatic heterocycles. The summed E-state index contributed by atoms with van der Waals surface area (Å²) >= 11 is 0. The minimum atomic E-state index is -4.79. The number of rotatable bonds is 4. The lowest BCUT2D eigenvalue weighted by Crippen LogP contribution is -2.21. The van der Waals surface area contributed by atoms with Gasteiger partial charge >= 0.3 is 12.1 Å². The number of hydrogen-bond donors (Lipinski definition) is 0. The smallest absolute Gasteiger partial charge is 0.441 e. The van der Waals surface area contributed by atoms with E-state index in [1.165, 1.54) is 37.5 Å². The second-order valence-corrected chi connectivity index (χ2v) is 3.79. The fourth-order valence-corrected chi connectivity index (χ4v) is 1.23. The Hall–Kier alpha value is -2.75. The molecule has 0 amide bonds. The molecule has 22 heavy (non-hydrogen) atoms. The van der Waals surface area contributed by atoms with Gasteiger partial charge in [0.15, 0.2) is 5.71 Å². The van der Waals surface area contributed by atoms with Gasteiger partial charge in [0.2, 0.25) is 0 Å². The fraction of sp³-hybridized carbons (Fsp3) is 0.200. The molecule has 0 radical (unpaired) electrons. The molecule has 1 aromatic carbocycles. The number of carbonyl (C=O) groups excluding carboxylic acids is 1. The van der Waals surface area contributed by atoms with E-state index in [1.807, 2.05) is 0 Å². The molecular formula is C15H12F3NO3. The maximum absolute atomic E-state index is 12.8. The molecule has 0 N–H and O–H groups in total. The van der Waals surface area contributed by atoms with Crippen LogP contribution in [0.25, 0.3) is 0 Å². The molecule has 0 aliphatic rings. The molecule has 0 aliphatic heterocycles. The van der Waals surface area contributed by atoms with Crippen molar-refractivity contribution < 1.29 is 27.4 Å². The lowest BCUT2D eigenvalue weighted by molar-refractivity contribution is -0.135. The summed E-state index contributed by atoms with van der Waals surface area (Å²) < 4.78 is 47.8. The van der Waals surface area contributed by atoms with Crippen LogP contribution >= 0.6 is 0 Å². The molecule has 0 atom stereocenters. The summed E-state index contributed by atoms with van der Waals surface area (Å²) in [4.78, 5) is 14.5. The van der Waals surface area contributed by atoms with Gasteiger partial charge in [-0.3, -0.25) is 0 Å². The van der Waals surface area contributed by atoms with Crippen molar-refractivity contribution in [1.82, 2.24) is 0 Å². The van der Waals surface area contributed by atoms with Gasteiger partial charge in [-0.05, 0) is 30.2 Å². The van der Waals surface area contributed by atoms with Crippen LogP contribution in [0, 0.1) is 11.8 Å². The topological polar surface area (TPSA) is 47.9 Å². The highest BCUT2D eigenvalue weighted by Gasteiger charge is 2.35. The third kappa shape index (κ3) is 5.71. The molecule has 0 heterocycles. The number of carbonyl (C=O) groups is 1. The van der Waals surface area contributed by atoms with Crippen molar-refractivity contribution in [2.24, 2.45) is 4.99 Å². The zero-order valence-electron chi connectivity index (χ0n) is 11.6. The summed E-state index contributed by atoms with van der Waals surface area (Å²) in [6.45, 7) is 3.16. The molecular weight excluding hydrogens is 299 g/mol. The van der Waals surface area contributed by atoms with Crippen molar-refractivity contribution >= 4 is 17.4 Å². The zero-order chi connectivity index (χ0) is 16.6. The maximum Gasteiger partial charge on any atom is 0.441 e. The first-order valence-corrected chi connectivity index (χ1v) is 5.96. The molecule has 0 spiro atoms. The Morgan fingerprint density at radius 2 is 1.95 bits per heavy atom. The van der Waals surface area contributed by atoms with E-state index in [4.69, 9.17) is 4.74 Å². The first-order valence-electron chi connectivity index (χ1n) is 5.96. The predicted octanol–water partition coefficient (Wildman–Crippen LogP) is 3.06. The number of ether oxygens (including phenoxy) is 2. The lowest BCUT2D eigenvalue weighted by atomic mass is 10.3. The minimum Gasteiger partial charge on any atom is -0.497 e. The highest BCUT2D eigenvalue weighted by atomic mass is 19.4. The number of alkyl halides is 3. The van der Waals surface area contributed by atoms with Crippen LogP contribution in [0.5, 0.6) is 5.75 Å². The monoisotopic (exact) mass is 311 g/mol. The standard InChI is InChI=1S/C15H12F3NO3/c1-3-10-22-14(20)9-8-13(15(16,17)18)19-11-4-6-12(21-2)7-5-11/h3-7H,1,10H2,2H3. The van der Waals surface area contributed by atoms with Gasteiger partial charge in [-0.15, -0.1) is 0 Å². The Morgan fingerprint density at radius 1 is 1.32 bits per heavy atom. The van der Waals surface area contributed by atoms with E-state index in [0.717, 1.165) is 0 Å². The van der Waals surface area contributed by atoms with Crippen LogP contribution in [-0.2, 0) is 9.53 Å². The number of halogens is 3. The second kappa shape index (κ2) is 7.88. The van der Waals surface area contributed by atoms with Crippen molar-refractivity contribution in [3.63, 3.8) is 0 Å². The number of benzene rings is 1. The van der Waals surface area contributed by atoms with Gasteiger partial charge in [0.1, 0.15) is 12.4 Å². The number of hydrogen-bond acceptors (Lipinski definition) is 4. The van der Waals surface area contributed by atoms with Gasteiger partial charge in [0.05, 0.1) is 12.8 Å². The molecule has 0 saturated heterocycles. The van der Waals surface area contributed by atoms with Gasteiger partial charge in [-0.25, -0.2) is 9.79 Å². The molecule has 116 valence electrons. The Bertz CT molecular complexity index is 622. The van der Waals surface area contributed by atoms with E-state index in [0.29, 0.717) is 5.75 Å². The molecule has 0 bridgehead atoms. The molecule has 0 saturated carbocycles. The number of nitrogens with zero attached hydrogens (tertiary/aromatic N) is 1. The van der Waals surface area contributed by atoms with Gasteiger partial charge in [-0.1, -0.05) is 12.7 Å². The SMILES string of the molecule is C=CCOC(=O)C#CC(=Nc1ccc(OC)cc1)C(F)(F)F. The summed E-state index contributed by atoms with van der Waals surface area (Å²) in [6, 6.07) is 5.59. The van der Waals surface area contributed by atoms with E-state index in [2.05, 4.69) is 16.3 Å². The van der Waals surface area contributed by atoms with Crippen LogP contribution in [0.4, 0.5) is 18.9 Å². The lowest BCUT2D eigenvalue weighted by Gasteiger charge is -2.05. The molecule has 0 aliphatic carbocycles. The maximum atomic E-state index is 12.8. The van der Waals surface area contributed by atoms with Crippen molar-refractivity contribution in [3.8, 4) is 17.6 Å². The number of methoxy groups -OCH3 is 1. The number of esters is 1. The summed E-state index contributed by atoms with van der Waals surface area (Å²) in [5.41, 5.74) is -1.37. The van der Waals surface area contributed by atoms with E-state index < -0.39 is 17.9 Å². The summed E-state index contributed by atoms with van der Waals surface area (Å²) in [6.07, 6.45) is -3.51. The first kappa shape index (κ1) is 17.3. The van der Waals surface area contributed by atoms with Crippen LogP contribution in [0.3, 0.4) is 0 Å². The van der Waals surface area contributed by atoms with E-state index >= 15 is 0 Å². The van der Waals surface area contributed by atoms with Crippen LogP contribution in [-0.4, -0.2) is 31.6 Å². The van der Waals surface area contributed by atoms with Gasteiger partial charge in [0.25, 0.3) is 0 Å². The zero-order valence-corrected chi connectivity index (χ0v) is 11.6. The molecule has 1 aromatic rings. The average molecular weight is 311 g/mol. The average Bonchev–Trinajstić information content (AvgIpc) is 2.48. The third-order valence-corrected chi connectivity index (χ3v) is 2.20. The van der Waals surface area contributed by atoms with Crippen LogP contribution in [0.1, 0.15) is 0 Å². The highest BCUT2D eigenvalue weighted by molar-refractivity contribution is 6.09. The van der Waals surface area contributed by atoms with Crippen molar-refractivity contribution in [2.45, 2.75) is 6.18 Å². The van der Waals surface area contributed by atoms with Gasteiger partial charge in [-0.2, -0.15) is 13.2 Å². The van der Waals surface area contributed by atoms with Gasteiger partial charge in [0, 0.05) is 5.92 Å². The normalized spacial score (nSPS) is 11.2. The van der Waals surface area contributed by atoms with Crippen molar-refractivity contribution in [2.75, 3.05) is 13.7 Å². The van der Waals surface area contributed by atoms with Crippen LogP contribution in [0.15, 0.2) is 41.9 Å². The predicted molar refractivity (Wildman–Crippen MR) is 75.1 cm³/mol. The van der Waals surface area contributed by atoms with E-state index in [-0.39, 0.29) is 12.3 Å². The van der Waals surface area contributed by atoms with Crippen LogP contribution in [0.2, 0.25) is 0 Å². The third-order valence-electron chi connectivity index (χ3n) is 2.20. The Kier molecular flexibility index (Phi) is 6.20. The Balaban J connectivity index is 3.02. The minimum absolute atomic E-state index is 0.0295. The summed E-state index contributed by atoms with van der Waals surface area (Å²) in [5.74, 6) is 2.80. The molecule has 0 fully saturated rings. The van der Waals surface area contributed by atoms with E-state index in [1.54, 1.807) is 11.8 Å². The second-order valence-electron chi connectivity index (χ2n) is 3.79. The quantitative estimate of drug-likeness (QED) is 0.282. The van der Waals surface area contributed by atoms with E-state index in [9.17, 15) is 18.0 Å². The highest BCUT2D eigenvalue weighted by Crippen LogP contribution is 2.23. The van der Waals surface area contributed by atoms with Crippen molar-refractivity contribution in [1.29, 1.82) is 0 Å². The Morgan fingerprint density at radius 3 is 2.45 bits per heavy atom. The van der Waals surface area contributed by atoms with Crippen molar-refractivity contribution in [3.05, 3.63) is 36.9 Å². The number of aliphatic imine (C=N–C) groups is 1. The molecule has 4 nitrogen and oxygen atoms in total. The Labute approximate surface area is 125 Å². The molecule has 7 heteroatoms. The summed E-state index contributed by atoms with van der Waals surface area (Å²) in [7, 11) is 1.43. The fourth-order valence-electron chi connectivity index (χ4n) is 1.23. The molecule has 0 unspecified atom stereocenters.